The van der Waals surface area contributed by atoms with Gasteiger partial charge in [-0.3, -0.25) is 9.59 Å². The van der Waals surface area contributed by atoms with Gasteiger partial charge in [-0.15, -0.1) is 0 Å². The molecule has 0 radical (unpaired) electrons. The lowest BCUT2D eigenvalue weighted by atomic mass is 10.2. The molecule has 114 valence electrons. The Kier molecular flexibility index (Phi) is 5.27. The molecule has 0 saturated carbocycles. The van der Waals surface area contributed by atoms with Gasteiger partial charge in [0, 0.05) is 19.6 Å². The van der Waals surface area contributed by atoms with E-state index in [0.29, 0.717) is 44.5 Å². The predicted octanol–water partition coefficient (Wildman–Crippen LogP) is 0.940. The average Bonchev–Trinajstić information content (AvgIpc) is 2.52. The Balaban J connectivity index is 2.06. The molecule has 1 N–H and O–H groups in total. The van der Waals surface area contributed by atoms with E-state index in [0.717, 1.165) is 0 Å². The summed E-state index contributed by atoms with van der Waals surface area (Å²) < 4.78 is 5.22. The van der Waals surface area contributed by atoms with Crippen molar-refractivity contribution < 1.29 is 14.3 Å². The lowest BCUT2D eigenvalue weighted by Gasteiger charge is -2.26. The topological polar surface area (TPSA) is 71.5 Å². The van der Waals surface area contributed by atoms with Crippen molar-refractivity contribution in [3.05, 3.63) is 29.6 Å². The van der Waals surface area contributed by atoms with E-state index in [1.54, 1.807) is 23.1 Å². The highest BCUT2D eigenvalue weighted by Crippen LogP contribution is 2.07. The Morgan fingerprint density at radius 2 is 1.95 bits per heavy atom. The molecule has 2 rings (SSSR count). The predicted molar refractivity (Wildman–Crippen MR) is 78.1 cm³/mol. The fraction of sp³-hybridized carbons (Fsp3) is 0.533. The summed E-state index contributed by atoms with van der Waals surface area (Å²) in [6.45, 7) is 6.83. The number of carbonyl (C=O) groups is 2. The molecule has 0 bridgehead atoms. The molecule has 2 amide bonds. The maximum absolute atomic E-state index is 12.3. The highest BCUT2D eigenvalue weighted by atomic mass is 16.5. The Bertz CT molecular complexity index is 511. The van der Waals surface area contributed by atoms with Crippen LogP contribution >= 0.6 is 0 Å². The van der Waals surface area contributed by atoms with E-state index in [1.165, 1.54) is 0 Å². The van der Waals surface area contributed by atoms with Crippen LogP contribution in [0.25, 0.3) is 0 Å². The number of amides is 2. The standard InChI is InChI=1S/C15H21N3O3/c1-11(2)10-16-14(19)12-4-3-5-13(17-12)15(20)18-6-8-21-9-7-18/h3-5,11H,6-10H2,1-2H3,(H,16,19). The second-order valence-corrected chi connectivity index (χ2v) is 5.42. The third-order valence-electron chi connectivity index (χ3n) is 3.17. The molecule has 1 aliphatic heterocycles. The lowest BCUT2D eigenvalue weighted by molar-refractivity contribution is 0.0299. The van der Waals surface area contributed by atoms with Crippen LogP contribution in [0.4, 0.5) is 0 Å². The smallest absolute Gasteiger partial charge is 0.272 e. The summed E-state index contributed by atoms with van der Waals surface area (Å²) in [6.07, 6.45) is 0. The third-order valence-corrected chi connectivity index (χ3v) is 3.17. The van der Waals surface area contributed by atoms with Crippen molar-refractivity contribution in [2.75, 3.05) is 32.8 Å². The van der Waals surface area contributed by atoms with Crippen LogP contribution in [0.15, 0.2) is 18.2 Å². The Hall–Kier alpha value is -1.95. The van der Waals surface area contributed by atoms with Gasteiger partial charge in [-0.1, -0.05) is 19.9 Å². The summed E-state index contributed by atoms with van der Waals surface area (Å²) >= 11 is 0. The second-order valence-electron chi connectivity index (χ2n) is 5.42. The maximum atomic E-state index is 12.3. The Labute approximate surface area is 124 Å². The number of nitrogens with zero attached hydrogens (tertiary/aromatic N) is 2. The van der Waals surface area contributed by atoms with E-state index < -0.39 is 0 Å². The fourth-order valence-corrected chi connectivity index (χ4v) is 2.00. The fourth-order valence-electron chi connectivity index (χ4n) is 2.00. The van der Waals surface area contributed by atoms with Crippen LogP contribution in [0, 0.1) is 5.92 Å². The van der Waals surface area contributed by atoms with Crippen molar-refractivity contribution in [2.45, 2.75) is 13.8 Å². The Morgan fingerprint density at radius 3 is 2.62 bits per heavy atom. The monoisotopic (exact) mass is 291 g/mol. The number of hydrogen-bond donors (Lipinski definition) is 1. The SMILES string of the molecule is CC(C)CNC(=O)c1cccc(C(=O)N2CCOCC2)n1. The molecule has 0 unspecified atom stereocenters. The van der Waals surface area contributed by atoms with Gasteiger partial charge >= 0.3 is 0 Å². The van der Waals surface area contributed by atoms with Gasteiger partial charge in [0.25, 0.3) is 11.8 Å². The van der Waals surface area contributed by atoms with Crippen LogP contribution in [0.1, 0.15) is 34.8 Å². The summed E-state index contributed by atoms with van der Waals surface area (Å²) in [5.41, 5.74) is 0.573. The van der Waals surface area contributed by atoms with Gasteiger partial charge in [0.1, 0.15) is 11.4 Å². The Morgan fingerprint density at radius 1 is 1.29 bits per heavy atom. The number of hydrogen-bond acceptors (Lipinski definition) is 4. The van der Waals surface area contributed by atoms with Gasteiger partial charge in [0.15, 0.2) is 0 Å². The van der Waals surface area contributed by atoms with Crippen molar-refractivity contribution in [3.8, 4) is 0 Å². The van der Waals surface area contributed by atoms with Gasteiger partial charge in [-0.05, 0) is 18.1 Å². The molecule has 1 aromatic heterocycles. The highest BCUT2D eigenvalue weighted by molar-refractivity contribution is 5.96. The average molecular weight is 291 g/mol. The quantitative estimate of drug-likeness (QED) is 0.896. The zero-order chi connectivity index (χ0) is 15.2. The normalized spacial score (nSPS) is 15.1. The number of ether oxygens (including phenoxy) is 1. The molecule has 2 heterocycles. The van der Waals surface area contributed by atoms with Crippen LogP contribution < -0.4 is 5.32 Å². The minimum atomic E-state index is -0.250. The highest BCUT2D eigenvalue weighted by Gasteiger charge is 2.20. The van der Waals surface area contributed by atoms with E-state index in [-0.39, 0.29) is 17.5 Å². The zero-order valence-electron chi connectivity index (χ0n) is 12.5. The van der Waals surface area contributed by atoms with E-state index in [2.05, 4.69) is 10.3 Å². The molecule has 1 aromatic rings. The number of morpholine rings is 1. The summed E-state index contributed by atoms with van der Waals surface area (Å²) in [5, 5.41) is 2.80. The van der Waals surface area contributed by atoms with Crippen LogP contribution in [-0.4, -0.2) is 54.5 Å². The maximum Gasteiger partial charge on any atom is 0.272 e. The van der Waals surface area contributed by atoms with E-state index >= 15 is 0 Å². The van der Waals surface area contributed by atoms with Gasteiger partial charge in [-0.2, -0.15) is 0 Å². The van der Waals surface area contributed by atoms with Crippen molar-refractivity contribution in [1.29, 1.82) is 0 Å². The summed E-state index contributed by atoms with van der Waals surface area (Å²) in [6, 6.07) is 4.94. The molecule has 6 nitrogen and oxygen atoms in total. The van der Waals surface area contributed by atoms with Crippen molar-refractivity contribution in [2.24, 2.45) is 5.92 Å². The van der Waals surface area contributed by atoms with E-state index in [9.17, 15) is 9.59 Å². The van der Waals surface area contributed by atoms with E-state index in [1.807, 2.05) is 13.8 Å². The van der Waals surface area contributed by atoms with Crippen LogP contribution in [0.2, 0.25) is 0 Å². The molecule has 0 aliphatic carbocycles. The van der Waals surface area contributed by atoms with Crippen LogP contribution in [0.3, 0.4) is 0 Å². The number of nitrogens with one attached hydrogen (secondary N) is 1. The number of aromatic nitrogens is 1. The van der Waals surface area contributed by atoms with Gasteiger partial charge < -0.3 is 15.0 Å². The molecule has 21 heavy (non-hydrogen) atoms. The van der Waals surface area contributed by atoms with Crippen molar-refractivity contribution in [1.82, 2.24) is 15.2 Å². The van der Waals surface area contributed by atoms with Gasteiger partial charge in [0.05, 0.1) is 13.2 Å². The molecule has 0 atom stereocenters. The number of carbonyl (C=O) groups excluding carboxylic acids is 2. The second kappa shape index (κ2) is 7.17. The van der Waals surface area contributed by atoms with E-state index in [4.69, 9.17) is 4.74 Å². The first-order chi connectivity index (χ1) is 10.1. The first-order valence-corrected chi connectivity index (χ1v) is 7.20. The molecule has 0 aromatic carbocycles. The first kappa shape index (κ1) is 15.4. The first-order valence-electron chi connectivity index (χ1n) is 7.20. The summed E-state index contributed by atoms with van der Waals surface area (Å²) in [4.78, 5) is 30.2. The molecular weight excluding hydrogens is 270 g/mol. The molecule has 1 fully saturated rings. The molecular formula is C15H21N3O3. The minimum absolute atomic E-state index is 0.156. The summed E-state index contributed by atoms with van der Waals surface area (Å²) in [7, 11) is 0. The third kappa shape index (κ3) is 4.26. The van der Waals surface area contributed by atoms with Gasteiger partial charge in [0.2, 0.25) is 0 Å². The van der Waals surface area contributed by atoms with Gasteiger partial charge in [-0.25, -0.2) is 4.98 Å². The number of rotatable bonds is 4. The molecule has 1 aliphatic rings. The van der Waals surface area contributed by atoms with Crippen LogP contribution in [-0.2, 0) is 4.74 Å². The molecule has 1 saturated heterocycles. The molecule has 6 heteroatoms. The minimum Gasteiger partial charge on any atom is -0.378 e. The van der Waals surface area contributed by atoms with Crippen molar-refractivity contribution >= 4 is 11.8 Å². The zero-order valence-corrected chi connectivity index (χ0v) is 12.5. The number of pyridine rings is 1. The molecule has 0 spiro atoms. The summed E-state index contributed by atoms with van der Waals surface area (Å²) in [5.74, 6) is -0.0377. The van der Waals surface area contributed by atoms with Crippen LogP contribution in [0.5, 0.6) is 0 Å². The van der Waals surface area contributed by atoms with Crippen molar-refractivity contribution in [3.63, 3.8) is 0 Å². The lowest BCUT2D eigenvalue weighted by Crippen LogP contribution is -2.41. The largest absolute Gasteiger partial charge is 0.378 e.